The van der Waals surface area contributed by atoms with E-state index in [1.165, 1.54) is 0 Å². The Hall–Kier alpha value is -2.54. The van der Waals surface area contributed by atoms with Crippen LogP contribution in [-0.2, 0) is 11.3 Å². The van der Waals surface area contributed by atoms with Crippen molar-refractivity contribution in [3.05, 3.63) is 87.4 Å². The van der Waals surface area contributed by atoms with Crippen molar-refractivity contribution in [3.8, 4) is 17.2 Å². The van der Waals surface area contributed by atoms with Gasteiger partial charge in [0, 0.05) is 21.5 Å². The lowest BCUT2D eigenvalue weighted by atomic mass is 9.94. The summed E-state index contributed by atoms with van der Waals surface area (Å²) < 4.78 is 24.2. The fourth-order valence-electron chi connectivity index (χ4n) is 4.02. The van der Waals surface area contributed by atoms with Crippen molar-refractivity contribution in [2.24, 2.45) is 0 Å². The molecule has 2 unspecified atom stereocenters. The second-order valence-corrected chi connectivity index (χ2v) is 8.64. The summed E-state index contributed by atoms with van der Waals surface area (Å²) in [4.78, 5) is 0. The average Bonchev–Trinajstić information content (AvgIpc) is 3.21. The number of halogens is 1. The lowest BCUT2D eigenvalue weighted by Crippen LogP contribution is -2.15. The normalized spacial score (nSPS) is 17.7. The first-order valence-corrected chi connectivity index (χ1v) is 11.1. The highest BCUT2D eigenvalue weighted by atomic mass is 79.9. The maximum Gasteiger partial charge on any atom is 0.161 e. The summed E-state index contributed by atoms with van der Waals surface area (Å²) in [6, 6.07) is 19.6. The summed E-state index contributed by atoms with van der Waals surface area (Å²) in [5.41, 5.74) is 3.66. The first-order chi connectivity index (χ1) is 15.2. The van der Waals surface area contributed by atoms with Crippen LogP contribution in [0.15, 0.2) is 65.1 Å². The van der Waals surface area contributed by atoms with Crippen molar-refractivity contribution >= 4 is 15.9 Å². The van der Waals surface area contributed by atoms with Crippen LogP contribution in [0.25, 0.3) is 0 Å². The lowest BCUT2D eigenvalue weighted by Gasteiger charge is -2.21. The Labute approximate surface area is 189 Å². The van der Waals surface area contributed by atoms with E-state index in [-0.39, 0.29) is 5.92 Å². The van der Waals surface area contributed by atoms with E-state index < -0.39 is 6.10 Å². The van der Waals surface area contributed by atoms with Crippen LogP contribution in [0.5, 0.6) is 17.2 Å². The zero-order valence-electron chi connectivity index (χ0n) is 16.9. The van der Waals surface area contributed by atoms with Gasteiger partial charge in [0.05, 0.1) is 19.8 Å². The van der Waals surface area contributed by atoms with Gasteiger partial charge in [-0.25, -0.2) is 0 Å². The summed E-state index contributed by atoms with van der Waals surface area (Å²) in [7, 11) is 0. The maximum absolute atomic E-state index is 11.2. The molecule has 31 heavy (non-hydrogen) atoms. The Bertz CT molecular complexity index is 1070. The maximum atomic E-state index is 11.2. The lowest BCUT2D eigenvalue weighted by molar-refractivity contribution is 0.100. The molecule has 0 amide bonds. The monoisotopic (exact) mass is 482 g/mol. The van der Waals surface area contributed by atoms with Gasteiger partial charge in [-0.3, -0.25) is 0 Å². The van der Waals surface area contributed by atoms with Gasteiger partial charge in [-0.1, -0.05) is 52.3 Å². The van der Waals surface area contributed by atoms with Gasteiger partial charge < -0.3 is 24.1 Å². The number of aliphatic hydroxyl groups excluding tert-OH is 1. The standard InChI is InChI=1S/C25H23BrO5/c26-19-11-20-18(14-28-13-16-4-2-1-3-5-16)15-31-25(20)21(12-19)24(27)17-6-7-22-23(10-17)30-9-8-29-22/h1-7,10-12,18,24,27H,8-9,13-15H2. The van der Waals surface area contributed by atoms with Crippen LogP contribution in [-0.4, -0.2) is 31.5 Å². The number of benzene rings is 3. The summed E-state index contributed by atoms with van der Waals surface area (Å²) >= 11 is 3.60. The van der Waals surface area contributed by atoms with Crippen molar-refractivity contribution < 1.29 is 24.1 Å². The summed E-state index contributed by atoms with van der Waals surface area (Å²) in [6.07, 6.45) is -0.842. The molecule has 3 aromatic carbocycles. The van der Waals surface area contributed by atoms with Crippen molar-refractivity contribution in [2.45, 2.75) is 18.6 Å². The van der Waals surface area contributed by atoms with E-state index in [1.807, 2.05) is 42.5 Å². The summed E-state index contributed by atoms with van der Waals surface area (Å²) in [6.45, 7) is 2.69. The molecule has 5 rings (SSSR count). The van der Waals surface area contributed by atoms with Crippen LogP contribution in [0.2, 0.25) is 0 Å². The second kappa shape index (κ2) is 8.91. The zero-order chi connectivity index (χ0) is 21.2. The number of hydrogen-bond donors (Lipinski definition) is 1. The van der Waals surface area contributed by atoms with Crippen LogP contribution in [0.3, 0.4) is 0 Å². The molecule has 0 radical (unpaired) electrons. The molecule has 0 saturated heterocycles. The van der Waals surface area contributed by atoms with Gasteiger partial charge in [-0.15, -0.1) is 0 Å². The number of rotatable bonds is 6. The molecule has 2 atom stereocenters. The minimum atomic E-state index is -0.842. The largest absolute Gasteiger partial charge is 0.492 e. The summed E-state index contributed by atoms with van der Waals surface area (Å²) in [5.74, 6) is 2.21. The van der Waals surface area contributed by atoms with Crippen LogP contribution in [0.1, 0.15) is 34.3 Å². The van der Waals surface area contributed by atoms with Gasteiger partial charge in [-0.2, -0.15) is 0 Å². The van der Waals surface area contributed by atoms with Gasteiger partial charge in [-0.05, 0) is 35.4 Å². The quantitative estimate of drug-likeness (QED) is 0.535. The number of fused-ring (bicyclic) bond motifs is 2. The van der Waals surface area contributed by atoms with Crippen molar-refractivity contribution in [2.75, 3.05) is 26.4 Å². The van der Waals surface area contributed by atoms with E-state index >= 15 is 0 Å². The molecule has 0 bridgehead atoms. The Morgan fingerprint density at radius 2 is 1.77 bits per heavy atom. The molecule has 2 aliphatic rings. The van der Waals surface area contributed by atoms with E-state index in [9.17, 15) is 5.11 Å². The minimum absolute atomic E-state index is 0.113. The van der Waals surface area contributed by atoms with E-state index in [4.69, 9.17) is 18.9 Å². The van der Waals surface area contributed by atoms with Crippen LogP contribution in [0, 0.1) is 0 Å². The molecule has 1 N–H and O–H groups in total. The number of hydrogen-bond acceptors (Lipinski definition) is 5. The third-order valence-corrected chi connectivity index (χ3v) is 6.04. The van der Waals surface area contributed by atoms with Gasteiger partial charge >= 0.3 is 0 Å². The number of aliphatic hydroxyl groups is 1. The molecule has 0 spiro atoms. The Kier molecular flexibility index (Phi) is 5.85. The first kappa shape index (κ1) is 20.4. The Morgan fingerprint density at radius 1 is 0.968 bits per heavy atom. The smallest absolute Gasteiger partial charge is 0.161 e. The molecule has 0 aromatic heterocycles. The molecule has 5 nitrogen and oxygen atoms in total. The molecule has 160 valence electrons. The molecular formula is C25H23BrO5. The zero-order valence-corrected chi connectivity index (χ0v) is 18.5. The Balaban J connectivity index is 1.36. The fraction of sp³-hybridized carbons (Fsp3) is 0.280. The van der Waals surface area contributed by atoms with Crippen LogP contribution < -0.4 is 14.2 Å². The molecule has 0 aliphatic carbocycles. The highest BCUT2D eigenvalue weighted by molar-refractivity contribution is 9.10. The highest BCUT2D eigenvalue weighted by Gasteiger charge is 2.30. The minimum Gasteiger partial charge on any atom is -0.492 e. The van der Waals surface area contributed by atoms with Crippen molar-refractivity contribution in [1.29, 1.82) is 0 Å². The van der Waals surface area contributed by atoms with Crippen molar-refractivity contribution in [1.82, 2.24) is 0 Å². The Morgan fingerprint density at radius 3 is 2.61 bits per heavy atom. The highest BCUT2D eigenvalue weighted by Crippen LogP contribution is 2.44. The van der Waals surface area contributed by atoms with E-state index in [0.29, 0.717) is 44.5 Å². The molecular weight excluding hydrogens is 460 g/mol. The predicted octanol–water partition coefficient (Wildman–Crippen LogP) is 4.99. The van der Waals surface area contributed by atoms with Crippen LogP contribution in [0.4, 0.5) is 0 Å². The van der Waals surface area contributed by atoms with Gasteiger partial charge in [0.1, 0.15) is 25.1 Å². The topological polar surface area (TPSA) is 57.2 Å². The summed E-state index contributed by atoms with van der Waals surface area (Å²) in [5, 5.41) is 11.2. The molecule has 6 heteroatoms. The molecule has 0 saturated carbocycles. The van der Waals surface area contributed by atoms with E-state index in [0.717, 1.165) is 32.5 Å². The van der Waals surface area contributed by atoms with Gasteiger partial charge in [0.15, 0.2) is 11.5 Å². The number of ether oxygens (including phenoxy) is 4. The van der Waals surface area contributed by atoms with E-state index in [2.05, 4.69) is 34.1 Å². The van der Waals surface area contributed by atoms with Gasteiger partial charge in [0.2, 0.25) is 0 Å². The second-order valence-electron chi connectivity index (χ2n) is 7.73. The average molecular weight is 483 g/mol. The molecule has 2 heterocycles. The first-order valence-electron chi connectivity index (χ1n) is 10.3. The fourth-order valence-corrected chi connectivity index (χ4v) is 4.52. The SMILES string of the molecule is OC(c1ccc2c(c1)OCCO2)c1cc(Br)cc2c1OCC2COCc1ccccc1. The molecule has 3 aromatic rings. The molecule has 2 aliphatic heterocycles. The predicted molar refractivity (Wildman–Crippen MR) is 120 cm³/mol. The third kappa shape index (κ3) is 4.28. The molecule has 0 fully saturated rings. The van der Waals surface area contributed by atoms with Crippen molar-refractivity contribution in [3.63, 3.8) is 0 Å². The third-order valence-electron chi connectivity index (χ3n) is 5.59. The van der Waals surface area contributed by atoms with Crippen LogP contribution >= 0.6 is 15.9 Å². The van der Waals surface area contributed by atoms with Gasteiger partial charge in [0.25, 0.3) is 0 Å². The van der Waals surface area contributed by atoms with E-state index in [1.54, 1.807) is 0 Å².